The van der Waals surface area contributed by atoms with Crippen LogP contribution in [-0.2, 0) is 0 Å². The van der Waals surface area contributed by atoms with Gasteiger partial charge in [0.05, 0.1) is 19.3 Å². The number of amidine groups is 2. The number of amides is 1. The van der Waals surface area contributed by atoms with Crippen molar-refractivity contribution in [3.05, 3.63) is 48.1 Å². The van der Waals surface area contributed by atoms with Crippen molar-refractivity contribution < 1.29 is 18.3 Å². The molecule has 0 spiro atoms. The molecule has 1 aromatic carbocycles. The number of likely N-dealkylation sites (N-methyl/N-ethyl adjacent to an activating group) is 1. The van der Waals surface area contributed by atoms with Crippen LogP contribution in [0.1, 0.15) is 55.8 Å². The van der Waals surface area contributed by atoms with Crippen molar-refractivity contribution >= 4 is 23.3 Å². The number of piperidine rings is 1. The van der Waals surface area contributed by atoms with Crippen LogP contribution in [0.4, 0.5) is 14.5 Å². The summed E-state index contributed by atoms with van der Waals surface area (Å²) < 4.78 is 36.7. The zero-order valence-electron chi connectivity index (χ0n) is 25.1. The summed E-state index contributed by atoms with van der Waals surface area (Å²) in [6.07, 6.45) is 6.59. The molecule has 1 amide bonds. The number of alkyl halides is 2. The summed E-state index contributed by atoms with van der Waals surface area (Å²) in [4.78, 5) is 27.0. The molecule has 0 aromatic heterocycles. The molecule has 0 bridgehead atoms. The number of methoxy groups -OCH3 is 1. The third-order valence-electron chi connectivity index (χ3n) is 8.14. The minimum absolute atomic E-state index is 0.108. The van der Waals surface area contributed by atoms with Gasteiger partial charge in [-0.1, -0.05) is 19.4 Å². The fourth-order valence-corrected chi connectivity index (χ4v) is 5.88. The molecular weight excluding hydrogens is 542 g/mol. The zero-order chi connectivity index (χ0) is 30.4. The third kappa shape index (κ3) is 7.03. The second-order valence-corrected chi connectivity index (χ2v) is 11.2. The van der Waals surface area contributed by atoms with Gasteiger partial charge < -0.3 is 35.8 Å². The van der Waals surface area contributed by atoms with E-state index in [1.54, 1.807) is 30.0 Å². The number of anilines is 1. The number of nitrogens with zero attached hydrogens (tertiary/aromatic N) is 5. The van der Waals surface area contributed by atoms with Crippen LogP contribution in [0.25, 0.3) is 0 Å². The summed E-state index contributed by atoms with van der Waals surface area (Å²) in [5.41, 5.74) is 7.37. The van der Waals surface area contributed by atoms with Crippen molar-refractivity contribution in [2.75, 3.05) is 52.7 Å². The van der Waals surface area contributed by atoms with E-state index in [0.29, 0.717) is 28.5 Å². The Morgan fingerprint density at radius 1 is 1.21 bits per heavy atom. The van der Waals surface area contributed by atoms with E-state index >= 15 is 8.78 Å². The van der Waals surface area contributed by atoms with E-state index in [4.69, 9.17) is 15.5 Å². The van der Waals surface area contributed by atoms with Crippen molar-refractivity contribution in [1.82, 2.24) is 20.0 Å². The third-order valence-corrected chi connectivity index (χ3v) is 8.14. The number of carbonyl (C=O) groups is 1. The maximum absolute atomic E-state index is 15.6. The molecule has 42 heavy (non-hydrogen) atoms. The van der Waals surface area contributed by atoms with E-state index in [0.717, 1.165) is 51.6 Å². The number of benzene rings is 1. The van der Waals surface area contributed by atoms with Crippen LogP contribution in [0.2, 0.25) is 0 Å². The number of aliphatic imine (C=N–C) groups is 2. The first-order chi connectivity index (χ1) is 20.1. The van der Waals surface area contributed by atoms with Crippen molar-refractivity contribution in [2.45, 2.75) is 63.5 Å². The molecule has 230 valence electrons. The van der Waals surface area contributed by atoms with Crippen molar-refractivity contribution in [2.24, 2.45) is 15.7 Å². The van der Waals surface area contributed by atoms with Crippen LogP contribution < -0.4 is 21.1 Å². The van der Waals surface area contributed by atoms with Crippen molar-refractivity contribution in [3.8, 4) is 5.75 Å². The van der Waals surface area contributed by atoms with Gasteiger partial charge in [0.25, 0.3) is 5.91 Å². The summed E-state index contributed by atoms with van der Waals surface area (Å²) in [7, 11) is 5.12. The SMILES string of the molecule is C=C(/N=C1\C(=C/N)N(C)/C(=N/CC)C(F)(F)CN1C1CCCC1)Nc1ccc(C(=O)NC2CCN(C)CC2)cc1OC. The molecule has 0 radical (unpaired) electrons. The van der Waals surface area contributed by atoms with E-state index in [2.05, 4.69) is 34.2 Å². The van der Waals surface area contributed by atoms with Gasteiger partial charge in [0.1, 0.15) is 17.3 Å². The van der Waals surface area contributed by atoms with Gasteiger partial charge >= 0.3 is 5.92 Å². The molecule has 3 fully saturated rings. The normalized spacial score (nSPS) is 23.4. The Morgan fingerprint density at radius 3 is 2.52 bits per heavy atom. The number of nitrogens with two attached hydrogens (primary N) is 1. The molecule has 2 aliphatic heterocycles. The van der Waals surface area contributed by atoms with Gasteiger partial charge in [0.2, 0.25) is 0 Å². The lowest BCUT2D eigenvalue weighted by Gasteiger charge is -2.32. The number of ether oxygens (including phenoxy) is 1. The van der Waals surface area contributed by atoms with Crippen LogP contribution >= 0.6 is 0 Å². The van der Waals surface area contributed by atoms with Crippen LogP contribution in [0, 0.1) is 0 Å². The number of carbonyl (C=O) groups excluding carboxylic acids is 1. The van der Waals surface area contributed by atoms with E-state index in [-0.39, 0.29) is 36.2 Å². The number of hydrogen-bond acceptors (Lipinski definition) is 7. The van der Waals surface area contributed by atoms with Crippen molar-refractivity contribution in [1.29, 1.82) is 0 Å². The lowest BCUT2D eigenvalue weighted by atomic mass is 10.0. The van der Waals surface area contributed by atoms with Gasteiger partial charge in [-0.25, -0.2) is 4.99 Å². The van der Waals surface area contributed by atoms with Crippen LogP contribution in [-0.4, -0.2) is 97.7 Å². The fraction of sp³-hybridized carbons (Fsp3) is 0.567. The monoisotopic (exact) mass is 586 g/mol. The first kappa shape index (κ1) is 31.3. The topological polar surface area (TPSA) is 111 Å². The average molecular weight is 587 g/mol. The molecule has 10 nitrogen and oxygen atoms in total. The Morgan fingerprint density at radius 2 is 1.90 bits per heavy atom. The van der Waals surface area contributed by atoms with Crippen molar-refractivity contribution in [3.63, 3.8) is 0 Å². The lowest BCUT2D eigenvalue weighted by molar-refractivity contribution is 0.0389. The molecule has 3 aliphatic rings. The number of likely N-dealkylation sites (tertiary alicyclic amines) is 1. The predicted molar refractivity (Wildman–Crippen MR) is 163 cm³/mol. The molecule has 1 aliphatic carbocycles. The number of halogens is 2. The highest BCUT2D eigenvalue weighted by atomic mass is 19.3. The van der Waals surface area contributed by atoms with E-state index in [9.17, 15) is 4.79 Å². The molecule has 1 saturated carbocycles. The highest BCUT2D eigenvalue weighted by Gasteiger charge is 2.48. The lowest BCUT2D eigenvalue weighted by Crippen LogP contribution is -2.47. The summed E-state index contributed by atoms with van der Waals surface area (Å²) in [5, 5.41) is 6.25. The number of rotatable bonds is 8. The quantitative estimate of drug-likeness (QED) is 0.425. The number of hydrogen-bond donors (Lipinski definition) is 3. The molecular formula is C30H44F2N8O2. The molecule has 4 rings (SSSR count). The molecule has 2 saturated heterocycles. The van der Waals surface area contributed by atoms with Gasteiger partial charge in [-0.2, -0.15) is 8.78 Å². The minimum Gasteiger partial charge on any atom is -0.495 e. The van der Waals surface area contributed by atoms with Gasteiger partial charge in [0.15, 0.2) is 11.7 Å². The minimum atomic E-state index is -3.21. The van der Waals surface area contributed by atoms with E-state index < -0.39 is 12.5 Å². The fourth-order valence-electron chi connectivity index (χ4n) is 5.88. The molecule has 0 atom stereocenters. The molecule has 12 heteroatoms. The Balaban J connectivity index is 1.59. The smallest absolute Gasteiger partial charge is 0.321 e. The average Bonchev–Trinajstić information content (AvgIpc) is 3.48. The van der Waals surface area contributed by atoms with Crippen LogP contribution in [0.15, 0.2) is 52.5 Å². The van der Waals surface area contributed by atoms with Gasteiger partial charge in [-0.05, 0) is 70.9 Å². The molecule has 4 N–H and O–H groups in total. The first-order valence-corrected chi connectivity index (χ1v) is 14.6. The van der Waals surface area contributed by atoms with E-state index in [1.807, 2.05) is 0 Å². The predicted octanol–water partition coefficient (Wildman–Crippen LogP) is 3.84. The van der Waals surface area contributed by atoms with E-state index in [1.165, 1.54) is 25.3 Å². The summed E-state index contributed by atoms with van der Waals surface area (Å²) in [6, 6.07) is 5.12. The van der Waals surface area contributed by atoms with Crippen LogP contribution in [0.3, 0.4) is 0 Å². The summed E-state index contributed by atoms with van der Waals surface area (Å²) >= 11 is 0. The molecule has 0 unspecified atom stereocenters. The van der Waals surface area contributed by atoms with Gasteiger partial charge in [-0.3, -0.25) is 9.79 Å². The Hall–Kier alpha value is -3.67. The Labute approximate surface area is 247 Å². The first-order valence-electron chi connectivity index (χ1n) is 14.6. The Kier molecular flexibility index (Phi) is 10.1. The maximum atomic E-state index is 15.6. The molecule has 2 heterocycles. The zero-order valence-corrected chi connectivity index (χ0v) is 25.1. The highest BCUT2D eigenvalue weighted by Crippen LogP contribution is 2.34. The van der Waals surface area contributed by atoms with Gasteiger partial charge in [-0.15, -0.1) is 0 Å². The number of nitrogens with one attached hydrogen (secondary N) is 2. The highest BCUT2D eigenvalue weighted by molar-refractivity contribution is 6.06. The standard InChI is InChI=1S/C30H44F2N8O2/c1-6-34-29-30(31,32)19-40(23-9-7-8-10-23)27(25(18-33)39(29)4)36-20(2)35-24-12-11-21(17-26(24)42-5)28(41)37-22-13-15-38(3)16-14-22/h11-12,17-18,22-23,35H,2,6-10,13-16,19,33H2,1,3-5H3,(H,37,41)/b25-18+,34-29+,36-27+. The van der Waals surface area contributed by atoms with Gasteiger partial charge in [0, 0.05) is 37.4 Å². The second-order valence-electron chi connectivity index (χ2n) is 11.2. The largest absolute Gasteiger partial charge is 0.495 e. The molecule has 1 aromatic rings. The summed E-state index contributed by atoms with van der Waals surface area (Å²) in [5.74, 6) is -2.77. The maximum Gasteiger partial charge on any atom is 0.321 e. The Bertz CT molecular complexity index is 1230. The van der Waals surface area contributed by atoms with Crippen LogP contribution in [0.5, 0.6) is 5.75 Å². The second kappa shape index (κ2) is 13.5. The summed E-state index contributed by atoms with van der Waals surface area (Å²) in [6.45, 7) is 7.33.